The second kappa shape index (κ2) is 5.27. The third kappa shape index (κ3) is 2.68. The summed E-state index contributed by atoms with van der Waals surface area (Å²) in [7, 11) is 0. The molecule has 98 valence electrons. The van der Waals surface area contributed by atoms with E-state index in [1.165, 1.54) is 84.0 Å². The maximum Gasteiger partial charge on any atom is 0.00956 e. The SMILES string of the molecule is C1CCN(C2CCC3(CCNCC3)CC2)CC1. The molecule has 0 radical (unpaired) electrons. The second-order valence-electron chi connectivity index (χ2n) is 6.58. The highest BCUT2D eigenvalue weighted by molar-refractivity contribution is 4.92. The minimum Gasteiger partial charge on any atom is -0.317 e. The van der Waals surface area contributed by atoms with Crippen molar-refractivity contribution in [1.29, 1.82) is 0 Å². The minimum absolute atomic E-state index is 0.748. The molecule has 0 aromatic rings. The van der Waals surface area contributed by atoms with E-state index >= 15 is 0 Å². The van der Waals surface area contributed by atoms with E-state index in [1.807, 2.05) is 0 Å². The van der Waals surface area contributed by atoms with Crippen LogP contribution in [0.4, 0.5) is 0 Å². The number of hydrogen-bond acceptors (Lipinski definition) is 2. The molecule has 2 heteroatoms. The van der Waals surface area contributed by atoms with Crippen LogP contribution in [0.15, 0.2) is 0 Å². The number of likely N-dealkylation sites (tertiary alicyclic amines) is 1. The van der Waals surface area contributed by atoms with Gasteiger partial charge in [0, 0.05) is 6.04 Å². The van der Waals surface area contributed by atoms with Gasteiger partial charge in [-0.05, 0) is 83.0 Å². The first-order valence-corrected chi connectivity index (χ1v) is 7.83. The zero-order valence-electron chi connectivity index (χ0n) is 11.2. The molecule has 0 atom stereocenters. The molecular formula is C15H28N2. The number of hydrogen-bond donors (Lipinski definition) is 1. The van der Waals surface area contributed by atoms with Crippen molar-refractivity contribution in [3.8, 4) is 0 Å². The molecule has 2 heterocycles. The molecule has 17 heavy (non-hydrogen) atoms. The fourth-order valence-corrected chi connectivity index (χ4v) is 4.32. The lowest BCUT2D eigenvalue weighted by Gasteiger charge is -2.46. The Morgan fingerprint density at radius 1 is 0.824 bits per heavy atom. The van der Waals surface area contributed by atoms with Crippen LogP contribution >= 0.6 is 0 Å². The highest BCUT2D eigenvalue weighted by atomic mass is 15.2. The Morgan fingerprint density at radius 2 is 1.47 bits per heavy atom. The van der Waals surface area contributed by atoms with Gasteiger partial charge in [0.2, 0.25) is 0 Å². The van der Waals surface area contributed by atoms with Gasteiger partial charge in [0.1, 0.15) is 0 Å². The van der Waals surface area contributed by atoms with Gasteiger partial charge in [0.15, 0.2) is 0 Å². The summed E-state index contributed by atoms with van der Waals surface area (Å²) in [5.41, 5.74) is 0.748. The van der Waals surface area contributed by atoms with Gasteiger partial charge in [-0.2, -0.15) is 0 Å². The zero-order valence-corrected chi connectivity index (χ0v) is 11.2. The molecule has 2 aliphatic heterocycles. The lowest BCUT2D eigenvalue weighted by Crippen LogP contribution is -2.46. The molecule has 1 saturated carbocycles. The van der Waals surface area contributed by atoms with E-state index in [9.17, 15) is 0 Å². The highest BCUT2D eigenvalue weighted by Crippen LogP contribution is 2.44. The van der Waals surface area contributed by atoms with Crippen molar-refractivity contribution < 1.29 is 0 Å². The molecule has 0 amide bonds. The Morgan fingerprint density at radius 3 is 2.12 bits per heavy atom. The Balaban J connectivity index is 1.52. The molecule has 2 nitrogen and oxygen atoms in total. The van der Waals surface area contributed by atoms with Crippen molar-refractivity contribution in [2.24, 2.45) is 5.41 Å². The maximum absolute atomic E-state index is 3.52. The standard InChI is InChI=1S/C15H28N2/c1-2-12-17(13-3-1)14-4-6-15(7-5-14)8-10-16-11-9-15/h14,16H,1-13H2. The van der Waals surface area contributed by atoms with E-state index < -0.39 is 0 Å². The fourth-order valence-electron chi connectivity index (χ4n) is 4.32. The van der Waals surface area contributed by atoms with Crippen LogP contribution in [0, 0.1) is 5.41 Å². The lowest BCUT2D eigenvalue weighted by atomic mass is 9.67. The quantitative estimate of drug-likeness (QED) is 0.753. The van der Waals surface area contributed by atoms with Crippen LogP contribution in [0.3, 0.4) is 0 Å². The topological polar surface area (TPSA) is 15.3 Å². The zero-order chi connectivity index (χ0) is 11.6. The molecule has 0 bridgehead atoms. The summed E-state index contributed by atoms with van der Waals surface area (Å²) < 4.78 is 0. The van der Waals surface area contributed by atoms with Crippen molar-refractivity contribution in [3.05, 3.63) is 0 Å². The van der Waals surface area contributed by atoms with Crippen LogP contribution < -0.4 is 5.32 Å². The van der Waals surface area contributed by atoms with Crippen LogP contribution in [0.2, 0.25) is 0 Å². The Bertz CT molecular complexity index is 229. The van der Waals surface area contributed by atoms with Crippen LogP contribution in [-0.2, 0) is 0 Å². The third-order valence-electron chi connectivity index (χ3n) is 5.59. The van der Waals surface area contributed by atoms with Gasteiger partial charge in [-0.15, -0.1) is 0 Å². The molecule has 2 saturated heterocycles. The Hall–Kier alpha value is -0.0800. The van der Waals surface area contributed by atoms with Gasteiger partial charge < -0.3 is 10.2 Å². The molecule has 1 N–H and O–H groups in total. The van der Waals surface area contributed by atoms with Gasteiger partial charge in [-0.25, -0.2) is 0 Å². The largest absolute Gasteiger partial charge is 0.317 e. The number of rotatable bonds is 1. The Labute approximate surface area is 106 Å². The molecule has 0 aromatic heterocycles. The molecule has 0 aromatic carbocycles. The van der Waals surface area contributed by atoms with E-state index in [2.05, 4.69) is 10.2 Å². The van der Waals surface area contributed by atoms with Crippen molar-refractivity contribution in [1.82, 2.24) is 10.2 Å². The van der Waals surface area contributed by atoms with Crippen LogP contribution in [0.5, 0.6) is 0 Å². The van der Waals surface area contributed by atoms with Crippen molar-refractivity contribution >= 4 is 0 Å². The van der Waals surface area contributed by atoms with Crippen molar-refractivity contribution in [2.75, 3.05) is 26.2 Å². The fraction of sp³-hybridized carbons (Fsp3) is 1.00. The van der Waals surface area contributed by atoms with Crippen molar-refractivity contribution in [2.45, 2.75) is 63.8 Å². The molecule has 0 unspecified atom stereocenters. The third-order valence-corrected chi connectivity index (χ3v) is 5.59. The summed E-state index contributed by atoms with van der Waals surface area (Å²) in [6, 6.07) is 0.941. The van der Waals surface area contributed by atoms with Gasteiger partial charge >= 0.3 is 0 Å². The number of nitrogens with zero attached hydrogens (tertiary/aromatic N) is 1. The first-order chi connectivity index (χ1) is 8.38. The molecule has 3 fully saturated rings. The smallest absolute Gasteiger partial charge is 0.00956 e. The first-order valence-electron chi connectivity index (χ1n) is 7.83. The summed E-state index contributed by atoms with van der Waals surface area (Å²) in [6.07, 6.45) is 13.3. The predicted octanol–water partition coefficient (Wildman–Crippen LogP) is 2.78. The Kier molecular flexibility index (Phi) is 3.72. The highest BCUT2D eigenvalue weighted by Gasteiger charge is 2.37. The second-order valence-corrected chi connectivity index (χ2v) is 6.58. The molecule has 1 aliphatic carbocycles. The number of piperidine rings is 2. The normalized spacial score (nSPS) is 31.8. The van der Waals surface area contributed by atoms with E-state index in [-0.39, 0.29) is 0 Å². The minimum atomic E-state index is 0.748. The van der Waals surface area contributed by atoms with E-state index in [4.69, 9.17) is 0 Å². The molecule has 1 spiro atoms. The maximum atomic E-state index is 3.52. The van der Waals surface area contributed by atoms with Crippen molar-refractivity contribution in [3.63, 3.8) is 0 Å². The average molecular weight is 236 g/mol. The first kappa shape index (κ1) is 12.0. The summed E-state index contributed by atoms with van der Waals surface area (Å²) in [5, 5.41) is 3.52. The average Bonchev–Trinajstić information content (AvgIpc) is 2.42. The van der Waals surface area contributed by atoms with Gasteiger partial charge in [-0.3, -0.25) is 0 Å². The van der Waals surface area contributed by atoms with Gasteiger partial charge in [0.25, 0.3) is 0 Å². The summed E-state index contributed by atoms with van der Waals surface area (Å²) in [5.74, 6) is 0. The molecule has 3 rings (SSSR count). The summed E-state index contributed by atoms with van der Waals surface area (Å²) in [4.78, 5) is 2.80. The van der Waals surface area contributed by atoms with Gasteiger partial charge in [0.05, 0.1) is 0 Å². The van der Waals surface area contributed by atoms with Crippen LogP contribution in [-0.4, -0.2) is 37.1 Å². The van der Waals surface area contributed by atoms with Gasteiger partial charge in [-0.1, -0.05) is 6.42 Å². The monoisotopic (exact) mass is 236 g/mol. The molecule has 3 aliphatic rings. The van der Waals surface area contributed by atoms with E-state index in [1.54, 1.807) is 0 Å². The summed E-state index contributed by atoms with van der Waals surface area (Å²) >= 11 is 0. The van der Waals surface area contributed by atoms with E-state index in [0.29, 0.717) is 0 Å². The van der Waals surface area contributed by atoms with E-state index in [0.717, 1.165) is 11.5 Å². The lowest BCUT2D eigenvalue weighted by molar-refractivity contribution is 0.0564. The van der Waals surface area contributed by atoms with Crippen LogP contribution in [0.1, 0.15) is 57.8 Å². The molecular weight excluding hydrogens is 208 g/mol. The number of nitrogens with one attached hydrogen (secondary N) is 1. The summed E-state index contributed by atoms with van der Waals surface area (Å²) in [6.45, 7) is 5.32. The predicted molar refractivity (Wildman–Crippen MR) is 72.2 cm³/mol. The van der Waals surface area contributed by atoms with Crippen LogP contribution in [0.25, 0.3) is 0 Å².